The molecule has 0 aliphatic heterocycles. The Morgan fingerprint density at radius 2 is 1.30 bits per heavy atom. The molecule has 0 aliphatic rings. The molecule has 0 spiro atoms. The molecule has 0 bridgehead atoms. The average Bonchev–Trinajstić information content (AvgIpc) is 2.73. The third-order valence-electron chi connectivity index (χ3n) is 6.91. The van der Waals surface area contributed by atoms with Crippen LogP contribution in [0.15, 0.2) is 70.3 Å². The monoisotopic (exact) mass is 594 g/mol. The Morgan fingerprint density at radius 3 is 1.67 bits per heavy atom. The summed E-state index contributed by atoms with van der Waals surface area (Å²) >= 11 is 2.34. The van der Waals surface area contributed by atoms with E-state index < -0.39 is 16.6 Å². The van der Waals surface area contributed by atoms with E-state index in [0.29, 0.717) is 6.61 Å². The predicted octanol–water partition coefficient (Wildman–Crippen LogP) is 7.68. The minimum absolute atomic E-state index is 0.0363. The van der Waals surface area contributed by atoms with Gasteiger partial charge in [-0.25, -0.2) is 0 Å². The Labute approximate surface area is 218 Å². The molecule has 0 amide bonds. The van der Waals surface area contributed by atoms with Gasteiger partial charge in [0.25, 0.3) is 8.32 Å². The lowest BCUT2D eigenvalue weighted by atomic mass is 10.2. The highest BCUT2D eigenvalue weighted by molar-refractivity contribution is 14.1. The van der Waals surface area contributed by atoms with Crippen LogP contribution in [0.3, 0.4) is 0 Å². The lowest BCUT2D eigenvalue weighted by Crippen LogP contribution is -2.67. The van der Waals surface area contributed by atoms with Crippen LogP contribution in [0.1, 0.15) is 54.9 Å². The van der Waals surface area contributed by atoms with Crippen molar-refractivity contribution < 1.29 is 8.85 Å². The second-order valence-electron chi connectivity index (χ2n) is 11.6. The second-order valence-corrected chi connectivity index (χ2v) is 21.3. The van der Waals surface area contributed by atoms with Gasteiger partial charge in [-0.3, -0.25) is 0 Å². The third-order valence-corrected chi connectivity index (χ3v) is 17.5. The van der Waals surface area contributed by atoms with Crippen LogP contribution in [0.25, 0.3) is 0 Å². The van der Waals surface area contributed by atoms with Crippen LogP contribution < -0.4 is 10.4 Å². The number of hydrogen-bond donors (Lipinski definition) is 0. The molecule has 2 rings (SSSR count). The fourth-order valence-electron chi connectivity index (χ4n) is 4.11. The Balaban J connectivity index is 2.53. The molecule has 2 aromatic rings. The van der Waals surface area contributed by atoms with E-state index in [1.54, 1.807) is 0 Å². The van der Waals surface area contributed by atoms with Crippen molar-refractivity contribution in [3.63, 3.8) is 0 Å². The van der Waals surface area contributed by atoms with E-state index in [-0.39, 0.29) is 16.2 Å². The van der Waals surface area contributed by atoms with Crippen molar-refractivity contribution >= 4 is 49.6 Å². The van der Waals surface area contributed by atoms with Crippen molar-refractivity contribution in [3.05, 3.63) is 70.3 Å². The summed E-state index contributed by atoms with van der Waals surface area (Å²) in [6, 6.07) is 21.8. The van der Waals surface area contributed by atoms with E-state index in [0.717, 1.165) is 6.42 Å². The molecule has 0 radical (unpaired) electrons. The van der Waals surface area contributed by atoms with Gasteiger partial charge in [0.2, 0.25) is 0 Å². The standard InChI is InChI=1S/C28H43IO2Si2/c1-23(21-29)20-24(31-32(8,9)27(2,3)4)22-30-33(28(5,6)7,25-16-12-10-13-17-25)26-18-14-11-15-19-26/h10-19,21,24H,20,22H2,1-9H3/b23-21+/t24-/m0/s1. The van der Waals surface area contributed by atoms with Gasteiger partial charge in [0.05, 0.1) is 12.7 Å². The van der Waals surface area contributed by atoms with Gasteiger partial charge in [-0.15, -0.1) is 0 Å². The zero-order valence-corrected chi connectivity index (χ0v) is 26.2. The maximum atomic E-state index is 7.24. The molecule has 0 fully saturated rings. The van der Waals surface area contributed by atoms with Crippen molar-refractivity contribution in [1.29, 1.82) is 0 Å². The molecule has 0 unspecified atom stereocenters. The minimum Gasteiger partial charge on any atom is -0.411 e. The molecule has 5 heteroatoms. The van der Waals surface area contributed by atoms with E-state index in [1.165, 1.54) is 15.9 Å². The fourth-order valence-corrected chi connectivity index (χ4v) is 10.3. The van der Waals surface area contributed by atoms with Gasteiger partial charge in [-0.2, -0.15) is 0 Å². The molecule has 2 aromatic carbocycles. The van der Waals surface area contributed by atoms with Gasteiger partial charge in [0.1, 0.15) is 0 Å². The predicted molar refractivity (Wildman–Crippen MR) is 158 cm³/mol. The topological polar surface area (TPSA) is 18.5 Å². The average molecular weight is 595 g/mol. The maximum Gasteiger partial charge on any atom is 0.261 e. The first-order valence-corrected chi connectivity index (χ1v) is 18.0. The fraction of sp³-hybridized carbons (Fsp3) is 0.500. The van der Waals surface area contributed by atoms with Gasteiger partial charge in [0, 0.05) is 0 Å². The van der Waals surface area contributed by atoms with E-state index in [9.17, 15) is 0 Å². The summed E-state index contributed by atoms with van der Waals surface area (Å²) in [6.45, 7) is 21.4. The Morgan fingerprint density at radius 1 is 0.848 bits per heavy atom. The lowest BCUT2D eigenvalue weighted by molar-refractivity contribution is 0.110. The zero-order valence-electron chi connectivity index (χ0n) is 22.0. The Hall–Kier alpha value is -0.736. The first-order chi connectivity index (χ1) is 15.2. The third kappa shape index (κ3) is 6.91. The first kappa shape index (κ1) is 28.5. The number of rotatable bonds is 9. The maximum absolute atomic E-state index is 7.24. The molecule has 0 N–H and O–H groups in total. The van der Waals surface area contributed by atoms with Gasteiger partial charge < -0.3 is 8.85 Å². The number of halogens is 1. The van der Waals surface area contributed by atoms with Crippen LogP contribution in [0.2, 0.25) is 23.2 Å². The van der Waals surface area contributed by atoms with E-state index >= 15 is 0 Å². The minimum atomic E-state index is -2.58. The van der Waals surface area contributed by atoms with Crippen LogP contribution in [-0.2, 0) is 8.85 Å². The molecule has 2 nitrogen and oxygen atoms in total. The quantitative estimate of drug-likeness (QED) is 0.219. The second kappa shape index (κ2) is 11.3. The molecule has 1 atom stereocenters. The van der Waals surface area contributed by atoms with Gasteiger partial charge in [0.15, 0.2) is 8.32 Å². The molecule has 0 aliphatic carbocycles. The van der Waals surface area contributed by atoms with E-state index in [4.69, 9.17) is 8.85 Å². The number of benzene rings is 2. The number of hydrogen-bond acceptors (Lipinski definition) is 2. The van der Waals surface area contributed by atoms with Gasteiger partial charge in [-0.1, -0.05) is 130 Å². The van der Waals surface area contributed by atoms with Gasteiger partial charge in [-0.05, 0) is 51.0 Å². The molecular formula is C28H43IO2Si2. The van der Waals surface area contributed by atoms with Crippen LogP contribution in [0.5, 0.6) is 0 Å². The van der Waals surface area contributed by atoms with Crippen molar-refractivity contribution in [2.75, 3.05) is 6.61 Å². The van der Waals surface area contributed by atoms with Crippen LogP contribution in [0.4, 0.5) is 0 Å². The molecule has 0 saturated heterocycles. The summed E-state index contributed by atoms with van der Waals surface area (Å²) in [5.41, 5.74) is 1.34. The summed E-state index contributed by atoms with van der Waals surface area (Å²) in [5.74, 6) is 0. The van der Waals surface area contributed by atoms with E-state index in [2.05, 4.69) is 149 Å². The highest BCUT2D eigenvalue weighted by Gasteiger charge is 2.50. The molecular weight excluding hydrogens is 551 g/mol. The van der Waals surface area contributed by atoms with Crippen LogP contribution >= 0.6 is 22.6 Å². The van der Waals surface area contributed by atoms with E-state index in [1.807, 2.05) is 0 Å². The SMILES string of the molecule is C/C(=C\I)C[C@@H](CO[Si](c1ccccc1)(c1ccccc1)C(C)(C)C)O[Si](C)(C)C(C)(C)C. The zero-order chi connectivity index (χ0) is 24.9. The van der Waals surface area contributed by atoms with Crippen molar-refractivity contribution in [2.45, 2.75) is 84.2 Å². The largest absolute Gasteiger partial charge is 0.411 e. The molecule has 33 heavy (non-hydrogen) atoms. The highest BCUT2D eigenvalue weighted by atomic mass is 127. The van der Waals surface area contributed by atoms with Gasteiger partial charge >= 0.3 is 0 Å². The summed E-state index contributed by atoms with van der Waals surface area (Å²) < 4.78 is 16.4. The molecule has 0 heterocycles. The van der Waals surface area contributed by atoms with Crippen molar-refractivity contribution in [2.24, 2.45) is 0 Å². The summed E-state index contributed by atoms with van der Waals surface area (Å²) in [6.07, 6.45) is 0.937. The lowest BCUT2D eigenvalue weighted by Gasteiger charge is -2.45. The van der Waals surface area contributed by atoms with Crippen molar-refractivity contribution in [1.82, 2.24) is 0 Å². The van der Waals surface area contributed by atoms with Crippen molar-refractivity contribution in [3.8, 4) is 0 Å². The Bertz CT molecular complexity index is 857. The normalized spacial score (nSPS) is 14.9. The summed E-state index contributed by atoms with van der Waals surface area (Å²) in [4.78, 5) is 0. The molecule has 0 aromatic heterocycles. The smallest absolute Gasteiger partial charge is 0.261 e. The van der Waals surface area contributed by atoms with Crippen LogP contribution in [0, 0.1) is 0 Å². The summed E-state index contributed by atoms with van der Waals surface area (Å²) in [7, 11) is -4.52. The molecule has 0 saturated carbocycles. The Kier molecular flexibility index (Phi) is 9.79. The van der Waals surface area contributed by atoms with Crippen LogP contribution in [-0.4, -0.2) is 29.3 Å². The summed E-state index contributed by atoms with van der Waals surface area (Å²) in [5, 5.41) is 2.75. The first-order valence-electron chi connectivity index (χ1n) is 11.9. The molecule has 182 valence electrons. The highest BCUT2D eigenvalue weighted by Crippen LogP contribution is 2.40.